The van der Waals surface area contributed by atoms with Gasteiger partial charge in [-0.15, -0.1) is 0 Å². The van der Waals surface area contributed by atoms with Crippen LogP contribution in [0.5, 0.6) is 5.75 Å². The molecule has 0 aliphatic carbocycles. The van der Waals surface area contributed by atoms with E-state index in [-0.39, 0.29) is 17.2 Å². The lowest BCUT2D eigenvalue weighted by Crippen LogP contribution is -2.44. The van der Waals surface area contributed by atoms with E-state index in [0.29, 0.717) is 17.0 Å². The second-order valence-electron chi connectivity index (χ2n) is 12.1. The molecule has 9 heteroatoms. The van der Waals surface area contributed by atoms with Gasteiger partial charge in [-0.05, 0) is 103 Å². The third-order valence-corrected chi connectivity index (χ3v) is 7.74. The van der Waals surface area contributed by atoms with Crippen molar-refractivity contribution in [2.45, 2.75) is 71.6 Å². The number of aryl methyl sites for hydroxylation is 1. The highest BCUT2D eigenvalue weighted by atomic mass is 16.5. The molecule has 1 aliphatic rings. The molecule has 2 N–H and O–H groups in total. The first kappa shape index (κ1) is 27.9. The second kappa shape index (κ2) is 10.4. The van der Waals surface area contributed by atoms with Gasteiger partial charge in [-0.25, -0.2) is 14.3 Å². The third kappa shape index (κ3) is 5.48. The van der Waals surface area contributed by atoms with Crippen LogP contribution in [0.2, 0.25) is 0 Å². The van der Waals surface area contributed by atoms with Crippen LogP contribution < -0.4 is 15.6 Å². The van der Waals surface area contributed by atoms with E-state index in [4.69, 9.17) is 9.72 Å². The Kier molecular flexibility index (Phi) is 7.22. The number of likely N-dealkylation sites (tertiary alicyclic amines) is 1. The Morgan fingerprint density at radius 2 is 1.85 bits per heavy atom. The highest BCUT2D eigenvalue weighted by Crippen LogP contribution is 2.32. The standard InChI is InChI=1S/C31H40N6O3/c1-20(2)36-28(38)25-19-32-29(34-27(25)37(36)24-10-8-9-22(18-24)30(4,5)39)33-23-11-12-26(21(3)17-23)40-31(6)13-15-35(7)16-14-31/h8-12,17-20,39H,13-16H2,1-7H3,(H,32,33,34). The van der Waals surface area contributed by atoms with Gasteiger partial charge >= 0.3 is 0 Å². The van der Waals surface area contributed by atoms with Crippen LogP contribution in [0.3, 0.4) is 0 Å². The Labute approximate surface area is 235 Å². The Bertz CT molecular complexity index is 1590. The number of nitrogens with one attached hydrogen (secondary N) is 1. The van der Waals surface area contributed by atoms with E-state index in [1.54, 1.807) is 24.7 Å². The molecular formula is C31H40N6O3. The van der Waals surface area contributed by atoms with Crippen molar-refractivity contribution >= 4 is 22.7 Å². The molecule has 0 saturated carbocycles. The number of rotatable bonds is 7. The molecule has 212 valence electrons. The normalized spacial score (nSPS) is 16.0. The zero-order valence-corrected chi connectivity index (χ0v) is 24.5. The molecule has 4 aromatic rings. The molecule has 0 amide bonds. The maximum absolute atomic E-state index is 13.4. The lowest BCUT2D eigenvalue weighted by molar-refractivity contribution is 0.0235. The summed E-state index contributed by atoms with van der Waals surface area (Å²) in [4.78, 5) is 25.0. The van der Waals surface area contributed by atoms with Crippen molar-refractivity contribution in [3.05, 3.63) is 70.1 Å². The predicted octanol–water partition coefficient (Wildman–Crippen LogP) is 5.31. The minimum Gasteiger partial charge on any atom is -0.487 e. The van der Waals surface area contributed by atoms with Gasteiger partial charge in [0, 0.05) is 31.0 Å². The fourth-order valence-corrected chi connectivity index (χ4v) is 5.22. The third-order valence-electron chi connectivity index (χ3n) is 7.74. The summed E-state index contributed by atoms with van der Waals surface area (Å²) in [6.45, 7) is 13.7. The molecule has 0 atom stereocenters. The van der Waals surface area contributed by atoms with Gasteiger partial charge in [0.25, 0.3) is 5.56 Å². The van der Waals surface area contributed by atoms with Crippen LogP contribution in [-0.4, -0.2) is 55.1 Å². The van der Waals surface area contributed by atoms with E-state index >= 15 is 0 Å². The van der Waals surface area contributed by atoms with E-state index in [1.165, 1.54) is 0 Å². The lowest BCUT2D eigenvalue weighted by Gasteiger charge is -2.38. The molecule has 0 unspecified atom stereocenters. The summed E-state index contributed by atoms with van der Waals surface area (Å²) < 4.78 is 9.96. The van der Waals surface area contributed by atoms with Crippen molar-refractivity contribution in [2.24, 2.45) is 0 Å². The van der Waals surface area contributed by atoms with Crippen LogP contribution in [0.4, 0.5) is 11.6 Å². The van der Waals surface area contributed by atoms with Crippen LogP contribution in [0.15, 0.2) is 53.5 Å². The molecule has 2 aromatic heterocycles. The summed E-state index contributed by atoms with van der Waals surface area (Å²) in [5, 5.41) is 14.3. The largest absolute Gasteiger partial charge is 0.487 e. The van der Waals surface area contributed by atoms with Crippen LogP contribution in [0.1, 0.15) is 64.6 Å². The van der Waals surface area contributed by atoms with E-state index in [1.807, 2.05) is 67.9 Å². The van der Waals surface area contributed by atoms with Crippen molar-refractivity contribution < 1.29 is 9.84 Å². The van der Waals surface area contributed by atoms with Gasteiger partial charge in [-0.2, -0.15) is 4.98 Å². The van der Waals surface area contributed by atoms with Crippen LogP contribution in [0.25, 0.3) is 16.7 Å². The summed E-state index contributed by atoms with van der Waals surface area (Å²) in [6, 6.07) is 13.4. The molecule has 0 spiro atoms. The van der Waals surface area contributed by atoms with E-state index in [0.717, 1.165) is 54.2 Å². The van der Waals surface area contributed by atoms with Gasteiger partial charge in [-0.1, -0.05) is 12.1 Å². The maximum atomic E-state index is 13.4. The summed E-state index contributed by atoms with van der Waals surface area (Å²) >= 11 is 0. The van der Waals surface area contributed by atoms with E-state index < -0.39 is 5.60 Å². The molecule has 9 nitrogen and oxygen atoms in total. The number of anilines is 2. The minimum atomic E-state index is -1.03. The molecule has 0 bridgehead atoms. The van der Waals surface area contributed by atoms with Gasteiger partial charge in [0.15, 0.2) is 5.65 Å². The molecule has 0 radical (unpaired) electrons. The smallest absolute Gasteiger partial charge is 0.278 e. The van der Waals surface area contributed by atoms with Crippen molar-refractivity contribution in [1.82, 2.24) is 24.2 Å². The monoisotopic (exact) mass is 544 g/mol. The van der Waals surface area contributed by atoms with Crippen LogP contribution in [0, 0.1) is 6.92 Å². The minimum absolute atomic E-state index is 0.120. The first-order valence-electron chi connectivity index (χ1n) is 13.9. The Morgan fingerprint density at radius 3 is 2.50 bits per heavy atom. The number of nitrogens with zero attached hydrogens (tertiary/aromatic N) is 5. The van der Waals surface area contributed by atoms with Crippen molar-refractivity contribution in [3.8, 4) is 11.4 Å². The second-order valence-corrected chi connectivity index (χ2v) is 12.1. The number of ether oxygens (including phenoxy) is 1. The van der Waals surface area contributed by atoms with Gasteiger partial charge < -0.3 is 20.1 Å². The number of piperidine rings is 1. The Morgan fingerprint density at radius 1 is 1.12 bits per heavy atom. The highest BCUT2D eigenvalue weighted by molar-refractivity contribution is 5.77. The topological polar surface area (TPSA) is 97.4 Å². The summed E-state index contributed by atoms with van der Waals surface area (Å²) in [7, 11) is 2.15. The zero-order valence-electron chi connectivity index (χ0n) is 24.5. The molecule has 3 heterocycles. The zero-order chi connectivity index (χ0) is 28.8. The molecule has 1 fully saturated rings. The van der Waals surface area contributed by atoms with Crippen LogP contribution in [-0.2, 0) is 5.60 Å². The predicted molar refractivity (Wildman–Crippen MR) is 159 cm³/mol. The quantitative estimate of drug-likeness (QED) is 0.326. The molecule has 5 rings (SSSR count). The van der Waals surface area contributed by atoms with E-state index in [2.05, 4.69) is 29.2 Å². The number of benzene rings is 2. The van der Waals surface area contributed by atoms with E-state index in [9.17, 15) is 9.90 Å². The van der Waals surface area contributed by atoms with Crippen molar-refractivity contribution in [3.63, 3.8) is 0 Å². The SMILES string of the molecule is Cc1cc(Nc2ncc3c(=O)n(C(C)C)n(-c4cccc(C(C)(C)O)c4)c3n2)ccc1OC1(C)CCN(C)CC1. The van der Waals surface area contributed by atoms with Gasteiger partial charge in [-0.3, -0.25) is 4.79 Å². The fraction of sp³-hybridized carbons (Fsp3) is 0.452. The number of aromatic nitrogens is 4. The molecule has 1 saturated heterocycles. The number of fused-ring (bicyclic) bond motifs is 1. The molecule has 40 heavy (non-hydrogen) atoms. The molecule has 2 aromatic carbocycles. The first-order chi connectivity index (χ1) is 18.8. The number of aliphatic hydroxyl groups is 1. The Balaban J connectivity index is 1.48. The van der Waals surface area contributed by atoms with Gasteiger partial charge in [0.1, 0.15) is 16.7 Å². The van der Waals surface area contributed by atoms with Crippen molar-refractivity contribution in [1.29, 1.82) is 0 Å². The first-order valence-corrected chi connectivity index (χ1v) is 13.9. The summed E-state index contributed by atoms with van der Waals surface area (Å²) in [5.74, 6) is 1.26. The highest BCUT2D eigenvalue weighted by Gasteiger charge is 2.31. The summed E-state index contributed by atoms with van der Waals surface area (Å²) in [6.07, 6.45) is 3.56. The number of hydrogen-bond acceptors (Lipinski definition) is 7. The van der Waals surface area contributed by atoms with Gasteiger partial charge in [0.05, 0.1) is 11.3 Å². The number of hydrogen-bond donors (Lipinski definition) is 2. The summed E-state index contributed by atoms with van der Waals surface area (Å²) in [5.41, 5.74) is 2.48. The average molecular weight is 545 g/mol. The van der Waals surface area contributed by atoms with Crippen LogP contribution >= 0.6 is 0 Å². The average Bonchev–Trinajstić information content (AvgIpc) is 3.19. The molecular weight excluding hydrogens is 504 g/mol. The maximum Gasteiger partial charge on any atom is 0.278 e. The fourth-order valence-electron chi connectivity index (χ4n) is 5.22. The van der Waals surface area contributed by atoms with Crippen molar-refractivity contribution in [2.75, 3.05) is 25.5 Å². The van der Waals surface area contributed by atoms with Gasteiger partial charge in [0.2, 0.25) is 5.95 Å². The lowest BCUT2D eigenvalue weighted by atomic mass is 9.93. The Hall–Kier alpha value is -3.69. The molecule has 1 aliphatic heterocycles.